The Balaban J connectivity index is 1.84. The molecule has 98 valence electrons. The molecule has 2 heterocycles. The van der Waals surface area contributed by atoms with Crippen LogP contribution in [-0.4, -0.2) is 47.6 Å². The monoisotopic (exact) mass is 249 g/mol. The van der Waals surface area contributed by atoms with E-state index in [1.807, 2.05) is 26.0 Å². The number of hydrogen-bond donors (Lipinski definition) is 1. The SMILES string of the molecule is CC1(C)CN(CC(=O)Nc2ccccn2)CCO1. The second-order valence-corrected chi connectivity index (χ2v) is 5.08. The van der Waals surface area contributed by atoms with Gasteiger partial charge in [-0.2, -0.15) is 0 Å². The van der Waals surface area contributed by atoms with Crippen molar-refractivity contribution >= 4 is 11.7 Å². The van der Waals surface area contributed by atoms with E-state index in [1.165, 1.54) is 0 Å². The number of hydrogen-bond acceptors (Lipinski definition) is 4. The predicted octanol–water partition coefficient (Wildman–Crippen LogP) is 1.13. The molecule has 0 radical (unpaired) electrons. The quantitative estimate of drug-likeness (QED) is 0.872. The first-order chi connectivity index (χ1) is 8.55. The summed E-state index contributed by atoms with van der Waals surface area (Å²) < 4.78 is 5.61. The van der Waals surface area contributed by atoms with Gasteiger partial charge in [-0.25, -0.2) is 4.98 Å². The van der Waals surface area contributed by atoms with Gasteiger partial charge >= 0.3 is 0 Å². The van der Waals surface area contributed by atoms with Crippen LogP contribution < -0.4 is 5.32 Å². The summed E-state index contributed by atoms with van der Waals surface area (Å²) in [7, 11) is 0. The molecule has 0 unspecified atom stereocenters. The number of aromatic nitrogens is 1. The van der Waals surface area contributed by atoms with E-state index in [4.69, 9.17) is 4.74 Å². The Morgan fingerprint density at radius 1 is 1.56 bits per heavy atom. The average molecular weight is 249 g/mol. The van der Waals surface area contributed by atoms with E-state index in [9.17, 15) is 4.79 Å². The summed E-state index contributed by atoms with van der Waals surface area (Å²) in [5, 5.41) is 2.78. The van der Waals surface area contributed by atoms with Crippen molar-refractivity contribution in [2.24, 2.45) is 0 Å². The Kier molecular flexibility index (Phi) is 3.93. The lowest BCUT2D eigenvalue weighted by Crippen LogP contribution is -2.50. The number of carbonyl (C=O) groups is 1. The first kappa shape index (κ1) is 13.0. The van der Waals surface area contributed by atoms with Crippen LogP contribution in [-0.2, 0) is 9.53 Å². The molecule has 1 saturated heterocycles. The lowest BCUT2D eigenvalue weighted by atomic mass is 10.1. The molecule has 5 nitrogen and oxygen atoms in total. The third-order valence-electron chi connectivity index (χ3n) is 2.80. The molecule has 1 aromatic rings. The Hall–Kier alpha value is -1.46. The fraction of sp³-hybridized carbons (Fsp3) is 0.538. The van der Waals surface area contributed by atoms with E-state index in [0.29, 0.717) is 19.0 Å². The Bertz CT molecular complexity index is 406. The van der Waals surface area contributed by atoms with Crippen molar-refractivity contribution in [1.29, 1.82) is 0 Å². The second-order valence-electron chi connectivity index (χ2n) is 5.08. The minimum absolute atomic E-state index is 0.0357. The van der Waals surface area contributed by atoms with Crippen LogP contribution in [0.2, 0.25) is 0 Å². The highest BCUT2D eigenvalue weighted by atomic mass is 16.5. The zero-order valence-corrected chi connectivity index (χ0v) is 10.8. The van der Waals surface area contributed by atoms with Crippen LogP contribution in [0, 0.1) is 0 Å². The van der Waals surface area contributed by atoms with Gasteiger partial charge in [0, 0.05) is 19.3 Å². The summed E-state index contributed by atoms with van der Waals surface area (Å²) in [6.45, 7) is 6.68. The van der Waals surface area contributed by atoms with Crippen LogP contribution in [0.15, 0.2) is 24.4 Å². The highest BCUT2D eigenvalue weighted by molar-refractivity contribution is 5.91. The Morgan fingerprint density at radius 2 is 2.39 bits per heavy atom. The molecule has 0 spiro atoms. The van der Waals surface area contributed by atoms with Crippen molar-refractivity contribution in [1.82, 2.24) is 9.88 Å². The largest absolute Gasteiger partial charge is 0.373 e. The van der Waals surface area contributed by atoms with Crippen LogP contribution in [0.4, 0.5) is 5.82 Å². The van der Waals surface area contributed by atoms with Gasteiger partial charge in [0.1, 0.15) is 5.82 Å². The summed E-state index contributed by atoms with van der Waals surface area (Å²) in [6, 6.07) is 5.45. The fourth-order valence-electron chi connectivity index (χ4n) is 2.07. The number of anilines is 1. The van der Waals surface area contributed by atoms with Gasteiger partial charge in [0.15, 0.2) is 0 Å². The van der Waals surface area contributed by atoms with Gasteiger partial charge in [0.25, 0.3) is 0 Å². The van der Waals surface area contributed by atoms with Crippen LogP contribution in [0.25, 0.3) is 0 Å². The first-order valence-electron chi connectivity index (χ1n) is 6.12. The second kappa shape index (κ2) is 5.46. The van der Waals surface area contributed by atoms with Gasteiger partial charge in [0.05, 0.1) is 18.8 Å². The number of morpholine rings is 1. The standard InChI is InChI=1S/C13H19N3O2/c1-13(2)10-16(7-8-18-13)9-12(17)15-11-5-3-4-6-14-11/h3-6H,7-10H2,1-2H3,(H,14,15,17). The zero-order chi connectivity index (χ0) is 13.0. The molecular formula is C13H19N3O2. The maximum atomic E-state index is 11.9. The summed E-state index contributed by atoms with van der Waals surface area (Å²) in [5.41, 5.74) is -0.177. The van der Waals surface area contributed by atoms with E-state index in [-0.39, 0.29) is 11.5 Å². The molecule has 1 amide bonds. The summed E-state index contributed by atoms with van der Waals surface area (Å²) in [4.78, 5) is 18.0. The normalized spacial score (nSPS) is 19.4. The molecule has 1 aliphatic rings. The van der Waals surface area contributed by atoms with Crippen molar-refractivity contribution in [3.05, 3.63) is 24.4 Å². The van der Waals surface area contributed by atoms with E-state index in [1.54, 1.807) is 12.3 Å². The molecule has 0 aromatic carbocycles. The van der Waals surface area contributed by atoms with E-state index in [0.717, 1.165) is 13.1 Å². The van der Waals surface area contributed by atoms with E-state index < -0.39 is 0 Å². The molecule has 0 atom stereocenters. The van der Waals surface area contributed by atoms with Gasteiger partial charge in [-0.15, -0.1) is 0 Å². The molecule has 5 heteroatoms. The fourth-order valence-corrected chi connectivity index (χ4v) is 2.07. The van der Waals surface area contributed by atoms with Gasteiger partial charge in [-0.1, -0.05) is 6.07 Å². The first-order valence-corrected chi connectivity index (χ1v) is 6.12. The number of ether oxygens (including phenoxy) is 1. The third kappa shape index (κ3) is 3.78. The molecule has 18 heavy (non-hydrogen) atoms. The predicted molar refractivity (Wildman–Crippen MR) is 69.3 cm³/mol. The molecule has 1 aromatic heterocycles. The van der Waals surface area contributed by atoms with Crippen molar-refractivity contribution in [3.63, 3.8) is 0 Å². The molecule has 0 bridgehead atoms. The number of nitrogens with one attached hydrogen (secondary N) is 1. The molecule has 0 aliphatic carbocycles. The Labute approximate surface area is 107 Å². The maximum Gasteiger partial charge on any atom is 0.239 e. The van der Waals surface area contributed by atoms with Crippen molar-refractivity contribution in [3.8, 4) is 0 Å². The highest BCUT2D eigenvalue weighted by Gasteiger charge is 2.28. The molecule has 1 N–H and O–H groups in total. The molecular weight excluding hydrogens is 230 g/mol. The van der Waals surface area contributed by atoms with Crippen molar-refractivity contribution in [2.75, 3.05) is 31.6 Å². The van der Waals surface area contributed by atoms with Gasteiger partial charge in [-0.3, -0.25) is 9.69 Å². The summed E-state index contributed by atoms with van der Waals surface area (Å²) in [5.74, 6) is 0.557. The maximum absolute atomic E-state index is 11.9. The molecule has 1 aliphatic heterocycles. The van der Waals surface area contributed by atoms with Crippen LogP contribution in [0.5, 0.6) is 0 Å². The molecule has 2 rings (SSSR count). The van der Waals surface area contributed by atoms with Crippen LogP contribution in [0.1, 0.15) is 13.8 Å². The van der Waals surface area contributed by atoms with Gasteiger partial charge in [0.2, 0.25) is 5.91 Å². The Morgan fingerprint density at radius 3 is 3.06 bits per heavy atom. The molecule has 0 saturated carbocycles. The lowest BCUT2D eigenvalue weighted by Gasteiger charge is -2.37. The number of amides is 1. The number of pyridine rings is 1. The van der Waals surface area contributed by atoms with Crippen LogP contribution in [0.3, 0.4) is 0 Å². The minimum atomic E-state index is -0.177. The number of rotatable bonds is 3. The van der Waals surface area contributed by atoms with E-state index in [2.05, 4.69) is 15.2 Å². The summed E-state index contributed by atoms with van der Waals surface area (Å²) >= 11 is 0. The van der Waals surface area contributed by atoms with Crippen molar-refractivity contribution < 1.29 is 9.53 Å². The number of nitrogens with zero attached hydrogens (tertiary/aromatic N) is 2. The zero-order valence-electron chi connectivity index (χ0n) is 10.8. The van der Waals surface area contributed by atoms with Gasteiger partial charge in [-0.05, 0) is 26.0 Å². The lowest BCUT2D eigenvalue weighted by molar-refractivity contribution is -0.122. The van der Waals surface area contributed by atoms with Crippen molar-refractivity contribution in [2.45, 2.75) is 19.4 Å². The molecule has 1 fully saturated rings. The summed E-state index contributed by atoms with van der Waals surface area (Å²) in [6.07, 6.45) is 1.66. The third-order valence-corrected chi connectivity index (χ3v) is 2.80. The number of carbonyl (C=O) groups excluding carboxylic acids is 1. The smallest absolute Gasteiger partial charge is 0.239 e. The van der Waals surface area contributed by atoms with Gasteiger partial charge < -0.3 is 10.1 Å². The van der Waals surface area contributed by atoms with Crippen LogP contribution >= 0.6 is 0 Å². The highest BCUT2D eigenvalue weighted by Crippen LogP contribution is 2.16. The van der Waals surface area contributed by atoms with E-state index >= 15 is 0 Å². The topological polar surface area (TPSA) is 54.5 Å². The average Bonchev–Trinajstić information content (AvgIpc) is 2.28. The minimum Gasteiger partial charge on any atom is -0.373 e.